The number of hydrogen-bond acceptors (Lipinski definition) is 10. The second-order valence-corrected chi connectivity index (χ2v) is 9.61. The minimum absolute atomic E-state index is 0.00896. The highest BCUT2D eigenvalue weighted by Crippen LogP contribution is 2.33. The summed E-state index contributed by atoms with van der Waals surface area (Å²) in [6.07, 6.45) is -3.66. The second-order valence-electron chi connectivity index (χ2n) is 6.40. The zero-order chi connectivity index (χ0) is 24.1. The summed E-state index contributed by atoms with van der Waals surface area (Å²) in [6.45, 7) is 2.63. The van der Waals surface area contributed by atoms with E-state index in [1.165, 1.54) is 25.3 Å². The van der Waals surface area contributed by atoms with Crippen molar-refractivity contribution in [3.63, 3.8) is 0 Å². The summed E-state index contributed by atoms with van der Waals surface area (Å²) in [5, 5.41) is 5.37. The molecular weight excluding hydrogens is 483 g/mol. The van der Waals surface area contributed by atoms with Crippen molar-refractivity contribution in [1.82, 2.24) is 15.0 Å². The largest absolute Gasteiger partial charge is 0.494 e. The molecule has 0 atom stereocenters. The van der Waals surface area contributed by atoms with Crippen molar-refractivity contribution in [2.24, 2.45) is 0 Å². The van der Waals surface area contributed by atoms with E-state index in [0.717, 1.165) is 17.5 Å². The second kappa shape index (κ2) is 10.3. The number of halogens is 3. The van der Waals surface area contributed by atoms with Gasteiger partial charge in [-0.05, 0) is 25.1 Å². The van der Waals surface area contributed by atoms with E-state index in [-0.39, 0.29) is 39.0 Å². The van der Waals surface area contributed by atoms with E-state index in [2.05, 4.69) is 25.6 Å². The minimum Gasteiger partial charge on any atom is -0.494 e. The molecule has 3 rings (SSSR count). The highest BCUT2D eigenvalue weighted by Gasteiger charge is 2.35. The van der Waals surface area contributed by atoms with Crippen LogP contribution in [0.2, 0.25) is 0 Å². The van der Waals surface area contributed by atoms with Crippen LogP contribution in [0.5, 0.6) is 5.75 Å². The Morgan fingerprint density at radius 1 is 1.15 bits per heavy atom. The monoisotopic (exact) mass is 503 g/mol. The van der Waals surface area contributed by atoms with E-state index in [1.807, 2.05) is 0 Å². The molecule has 0 saturated carbocycles. The van der Waals surface area contributed by atoms with E-state index in [4.69, 9.17) is 9.47 Å². The number of ether oxygens (including phenoxy) is 2. The summed E-state index contributed by atoms with van der Waals surface area (Å²) in [5.41, 5.74) is 0. The van der Waals surface area contributed by atoms with Gasteiger partial charge in [-0.15, -0.1) is 0 Å². The van der Waals surface area contributed by atoms with E-state index in [0.29, 0.717) is 12.4 Å². The van der Waals surface area contributed by atoms with Crippen LogP contribution in [-0.4, -0.2) is 50.2 Å². The van der Waals surface area contributed by atoms with Gasteiger partial charge in [-0.2, -0.15) is 13.2 Å². The highest BCUT2D eigenvalue weighted by molar-refractivity contribution is 7.93. The van der Waals surface area contributed by atoms with Gasteiger partial charge in [-0.1, -0.05) is 17.4 Å². The molecule has 0 fully saturated rings. The van der Waals surface area contributed by atoms with Crippen molar-refractivity contribution < 1.29 is 31.1 Å². The van der Waals surface area contributed by atoms with Gasteiger partial charge in [0.15, 0.2) is 5.13 Å². The lowest BCUT2D eigenvalue weighted by atomic mass is 10.3. The molecule has 0 aliphatic rings. The van der Waals surface area contributed by atoms with Crippen molar-refractivity contribution in [2.45, 2.75) is 22.2 Å². The molecule has 0 aliphatic carbocycles. The number of anilines is 3. The fourth-order valence-electron chi connectivity index (χ4n) is 2.57. The molecule has 1 aromatic carbocycles. The van der Waals surface area contributed by atoms with Gasteiger partial charge in [0.05, 0.1) is 24.3 Å². The molecule has 0 saturated heterocycles. The van der Waals surface area contributed by atoms with Crippen molar-refractivity contribution in [3.05, 3.63) is 42.4 Å². The van der Waals surface area contributed by atoms with Gasteiger partial charge >= 0.3 is 6.18 Å². The van der Waals surface area contributed by atoms with Crippen molar-refractivity contribution >= 4 is 37.9 Å². The molecule has 3 aromatic rings. The Morgan fingerprint density at radius 2 is 1.91 bits per heavy atom. The third kappa shape index (κ3) is 6.30. The van der Waals surface area contributed by atoms with E-state index < -0.39 is 21.8 Å². The lowest BCUT2D eigenvalue weighted by Gasteiger charge is -2.11. The number of hydrogen-bond donors (Lipinski definition) is 2. The molecule has 2 heterocycles. The Morgan fingerprint density at radius 3 is 2.61 bits per heavy atom. The third-order valence-corrected chi connectivity index (χ3v) is 7.13. The molecule has 0 bridgehead atoms. The SMILES string of the molecule is CCOc1cccc(S(=O)(=O)c2cnc(Nc3cc(NCCOC)nc(C(F)(F)F)n3)s2)c1. The molecule has 0 spiro atoms. The van der Waals surface area contributed by atoms with Crippen LogP contribution in [0.25, 0.3) is 0 Å². The first kappa shape index (κ1) is 24.7. The van der Waals surface area contributed by atoms with E-state index in [9.17, 15) is 21.6 Å². The van der Waals surface area contributed by atoms with Crippen LogP contribution in [0.15, 0.2) is 45.6 Å². The summed E-state index contributed by atoms with van der Waals surface area (Å²) in [6, 6.07) is 7.25. The molecular formula is C19H20F3N5O4S2. The number of methoxy groups -OCH3 is 1. The highest BCUT2D eigenvalue weighted by atomic mass is 32.2. The zero-order valence-electron chi connectivity index (χ0n) is 17.5. The number of nitrogens with zero attached hydrogens (tertiary/aromatic N) is 3. The van der Waals surface area contributed by atoms with Gasteiger partial charge in [-0.3, -0.25) is 0 Å². The summed E-state index contributed by atoms with van der Waals surface area (Å²) < 4.78 is 75.6. The Bertz CT molecular complexity index is 1200. The number of sulfone groups is 1. The molecule has 2 aromatic heterocycles. The van der Waals surface area contributed by atoms with Crippen LogP contribution in [0.3, 0.4) is 0 Å². The van der Waals surface area contributed by atoms with Gasteiger partial charge < -0.3 is 20.1 Å². The molecule has 2 N–H and O–H groups in total. The van der Waals surface area contributed by atoms with Crippen LogP contribution >= 0.6 is 11.3 Å². The Kier molecular flexibility index (Phi) is 7.71. The van der Waals surface area contributed by atoms with Crippen LogP contribution in [-0.2, 0) is 20.8 Å². The first-order valence-corrected chi connectivity index (χ1v) is 11.8. The average molecular weight is 504 g/mol. The van der Waals surface area contributed by atoms with Crippen LogP contribution in [0.1, 0.15) is 12.7 Å². The van der Waals surface area contributed by atoms with Gasteiger partial charge in [0.25, 0.3) is 0 Å². The average Bonchev–Trinajstić information content (AvgIpc) is 3.23. The normalized spacial score (nSPS) is 11.9. The lowest BCUT2D eigenvalue weighted by molar-refractivity contribution is -0.144. The number of benzene rings is 1. The number of rotatable bonds is 10. The maximum atomic E-state index is 13.2. The van der Waals surface area contributed by atoms with Crippen LogP contribution in [0.4, 0.5) is 29.9 Å². The minimum atomic E-state index is -4.78. The van der Waals surface area contributed by atoms with Crippen molar-refractivity contribution in [1.29, 1.82) is 0 Å². The van der Waals surface area contributed by atoms with Crippen LogP contribution in [0, 0.1) is 0 Å². The summed E-state index contributed by atoms with van der Waals surface area (Å²) in [5.74, 6) is -1.23. The maximum Gasteiger partial charge on any atom is 0.451 e. The fourth-order valence-corrected chi connectivity index (χ4v) is 5.05. The Balaban J connectivity index is 1.86. The zero-order valence-corrected chi connectivity index (χ0v) is 19.1. The molecule has 0 amide bonds. The maximum absolute atomic E-state index is 13.2. The van der Waals surface area contributed by atoms with Crippen molar-refractivity contribution in [2.75, 3.05) is 37.5 Å². The molecule has 33 heavy (non-hydrogen) atoms. The fraction of sp³-hybridized carbons (Fsp3) is 0.316. The molecule has 0 unspecified atom stereocenters. The molecule has 14 heteroatoms. The first-order valence-electron chi connectivity index (χ1n) is 9.53. The Hall–Kier alpha value is -2.97. The predicted octanol–water partition coefficient (Wildman–Crippen LogP) is 3.99. The Labute approximate surface area is 191 Å². The molecule has 178 valence electrons. The third-order valence-electron chi connectivity index (χ3n) is 4.00. The first-order chi connectivity index (χ1) is 15.6. The number of aromatic nitrogens is 3. The van der Waals surface area contributed by atoms with E-state index >= 15 is 0 Å². The quantitative estimate of drug-likeness (QED) is 0.396. The summed E-state index contributed by atoms with van der Waals surface area (Å²) in [4.78, 5) is 10.9. The summed E-state index contributed by atoms with van der Waals surface area (Å²) >= 11 is 0.756. The van der Waals surface area contributed by atoms with Gasteiger partial charge in [0.1, 0.15) is 21.6 Å². The molecule has 0 aliphatic heterocycles. The summed E-state index contributed by atoms with van der Waals surface area (Å²) in [7, 11) is -2.45. The molecule has 0 radical (unpaired) electrons. The number of nitrogens with one attached hydrogen (secondary N) is 2. The molecule has 9 nitrogen and oxygen atoms in total. The van der Waals surface area contributed by atoms with Crippen molar-refractivity contribution in [3.8, 4) is 5.75 Å². The standard InChI is InChI=1S/C19H20F3N5O4S2/c1-3-31-12-5-4-6-13(9-12)33(28,29)16-11-24-18(32-16)27-15-10-14(23-7-8-30-2)25-17(26-15)19(20,21)22/h4-6,9-11H,3,7-8H2,1-2H3,(H2,23,24,25,26,27). The van der Waals surface area contributed by atoms with Gasteiger partial charge in [-0.25, -0.2) is 23.4 Å². The van der Waals surface area contributed by atoms with Gasteiger partial charge in [0.2, 0.25) is 15.7 Å². The topological polar surface area (TPSA) is 115 Å². The number of thiazole rings is 1. The van der Waals surface area contributed by atoms with Crippen LogP contribution < -0.4 is 15.4 Å². The van der Waals surface area contributed by atoms with E-state index in [1.54, 1.807) is 19.1 Å². The van der Waals surface area contributed by atoms with Gasteiger partial charge in [0, 0.05) is 19.7 Å². The lowest BCUT2D eigenvalue weighted by Crippen LogP contribution is -2.16. The number of alkyl halides is 3. The smallest absolute Gasteiger partial charge is 0.451 e. The predicted molar refractivity (Wildman–Crippen MR) is 116 cm³/mol.